The number of thiol groups is 2. The first-order valence-electron chi connectivity index (χ1n) is 9.02. The lowest BCUT2D eigenvalue weighted by molar-refractivity contribution is -0.149. The van der Waals surface area contributed by atoms with Gasteiger partial charge < -0.3 is 32.1 Å². The van der Waals surface area contributed by atoms with Crippen molar-refractivity contribution in [2.45, 2.75) is 49.9 Å². The fourth-order valence-corrected chi connectivity index (χ4v) is 3.28. The van der Waals surface area contributed by atoms with Gasteiger partial charge in [0.2, 0.25) is 23.6 Å². The Hall–Kier alpha value is -1.99. The van der Waals surface area contributed by atoms with E-state index in [-0.39, 0.29) is 30.9 Å². The molecule has 0 aliphatic carbocycles. The summed E-state index contributed by atoms with van der Waals surface area (Å²) in [5.74, 6) is -3.79. The number of carbonyl (C=O) groups is 5. The van der Waals surface area contributed by atoms with Crippen molar-refractivity contribution in [3.8, 4) is 0 Å². The van der Waals surface area contributed by atoms with Crippen LogP contribution in [0.15, 0.2) is 0 Å². The molecule has 13 heteroatoms. The molecule has 1 saturated heterocycles. The van der Waals surface area contributed by atoms with Gasteiger partial charge in [0.15, 0.2) is 0 Å². The van der Waals surface area contributed by atoms with Crippen LogP contribution in [0.3, 0.4) is 0 Å². The Bertz CT molecular complexity index is 649. The SMILES string of the molecule is NC(=O)CCC(NC(=O)C(N)CS)C(=O)NC(CS)C(=O)N1CCCC1C(=O)O. The second-order valence-electron chi connectivity index (χ2n) is 6.63. The molecule has 29 heavy (non-hydrogen) atoms. The quantitative estimate of drug-likeness (QED) is 0.170. The third kappa shape index (κ3) is 7.40. The molecule has 0 saturated carbocycles. The second kappa shape index (κ2) is 11.9. The van der Waals surface area contributed by atoms with E-state index in [0.717, 1.165) is 0 Å². The molecule has 7 N–H and O–H groups in total. The summed E-state index contributed by atoms with van der Waals surface area (Å²) in [6.07, 6.45) is 0.588. The van der Waals surface area contributed by atoms with Gasteiger partial charge in [-0.25, -0.2) is 4.79 Å². The molecule has 11 nitrogen and oxygen atoms in total. The van der Waals surface area contributed by atoms with Crippen LogP contribution in [0.25, 0.3) is 0 Å². The number of hydrogen-bond acceptors (Lipinski definition) is 8. The molecule has 1 aliphatic rings. The van der Waals surface area contributed by atoms with Crippen LogP contribution in [-0.2, 0) is 24.0 Å². The molecule has 164 valence electrons. The molecule has 0 bridgehead atoms. The normalized spacial score (nSPS) is 19.1. The molecule has 4 atom stereocenters. The number of carbonyl (C=O) groups excluding carboxylic acids is 4. The van der Waals surface area contributed by atoms with Crippen molar-refractivity contribution < 1.29 is 29.1 Å². The maximum absolute atomic E-state index is 12.7. The van der Waals surface area contributed by atoms with Crippen LogP contribution < -0.4 is 22.1 Å². The van der Waals surface area contributed by atoms with Gasteiger partial charge in [-0.15, -0.1) is 0 Å². The highest BCUT2D eigenvalue weighted by molar-refractivity contribution is 7.80. The number of primary amides is 1. The summed E-state index contributed by atoms with van der Waals surface area (Å²) in [4.78, 5) is 60.9. The van der Waals surface area contributed by atoms with E-state index >= 15 is 0 Å². The van der Waals surface area contributed by atoms with Gasteiger partial charge in [0.25, 0.3) is 0 Å². The number of nitrogens with zero attached hydrogens (tertiary/aromatic N) is 1. The number of nitrogens with two attached hydrogens (primary N) is 2. The number of aliphatic carboxylic acids is 1. The number of nitrogens with one attached hydrogen (secondary N) is 2. The smallest absolute Gasteiger partial charge is 0.326 e. The van der Waals surface area contributed by atoms with E-state index in [4.69, 9.17) is 11.5 Å². The molecule has 1 rings (SSSR count). The first-order valence-corrected chi connectivity index (χ1v) is 10.3. The number of amides is 4. The maximum Gasteiger partial charge on any atom is 0.326 e. The Balaban J connectivity index is 2.87. The summed E-state index contributed by atoms with van der Waals surface area (Å²) in [6.45, 7) is 0.259. The molecular weight excluding hydrogens is 422 g/mol. The number of carboxylic acids is 1. The van der Waals surface area contributed by atoms with Crippen LogP contribution in [-0.4, -0.2) is 81.8 Å². The highest BCUT2D eigenvalue weighted by Gasteiger charge is 2.38. The minimum atomic E-state index is -1.16. The predicted octanol–water partition coefficient (Wildman–Crippen LogP) is -2.52. The molecular formula is C16H27N5O6S2. The summed E-state index contributed by atoms with van der Waals surface area (Å²) in [5, 5.41) is 14.1. The van der Waals surface area contributed by atoms with Crippen LogP contribution in [0.1, 0.15) is 25.7 Å². The maximum atomic E-state index is 12.7. The third-order valence-electron chi connectivity index (χ3n) is 4.46. The summed E-state index contributed by atoms with van der Waals surface area (Å²) in [5.41, 5.74) is 10.7. The Morgan fingerprint density at radius 3 is 2.21 bits per heavy atom. The van der Waals surface area contributed by atoms with Crippen molar-refractivity contribution in [2.75, 3.05) is 18.1 Å². The van der Waals surface area contributed by atoms with Crippen molar-refractivity contribution >= 4 is 54.9 Å². The third-order valence-corrected chi connectivity index (χ3v) is 5.22. The molecule has 0 aromatic heterocycles. The van der Waals surface area contributed by atoms with Gasteiger partial charge >= 0.3 is 5.97 Å². The van der Waals surface area contributed by atoms with Crippen LogP contribution >= 0.6 is 25.3 Å². The minimum Gasteiger partial charge on any atom is -0.480 e. The van der Waals surface area contributed by atoms with E-state index < -0.39 is 53.8 Å². The zero-order valence-electron chi connectivity index (χ0n) is 15.7. The summed E-state index contributed by atoms with van der Waals surface area (Å²) < 4.78 is 0. The van der Waals surface area contributed by atoms with Gasteiger partial charge in [-0.3, -0.25) is 19.2 Å². The van der Waals surface area contributed by atoms with E-state index in [1.807, 2.05) is 0 Å². The lowest BCUT2D eigenvalue weighted by Crippen LogP contribution is -2.58. The van der Waals surface area contributed by atoms with E-state index in [2.05, 4.69) is 35.9 Å². The number of hydrogen-bond donors (Lipinski definition) is 7. The van der Waals surface area contributed by atoms with Crippen molar-refractivity contribution in [3.63, 3.8) is 0 Å². The predicted molar refractivity (Wildman–Crippen MR) is 110 cm³/mol. The molecule has 1 fully saturated rings. The summed E-state index contributed by atoms with van der Waals surface area (Å²) >= 11 is 7.99. The zero-order valence-corrected chi connectivity index (χ0v) is 17.5. The van der Waals surface area contributed by atoms with Gasteiger partial charge in [-0.05, 0) is 19.3 Å². The Morgan fingerprint density at radius 1 is 1.07 bits per heavy atom. The standard InChI is InChI=1S/C16H27N5O6S2/c17-8(6-28)13(23)19-9(3-4-12(18)22)14(24)20-10(7-29)15(25)21-5-1-2-11(21)16(26)27/h8-11,28-29H,1-7,17H2,(H2,18,22)(H,19,23)(H,20,24)(H,26,27). The van der Waals surface area contributed by atoms with Crippen LogP contribution in [0.2, 0.25) is 0 Å². The van der Waals surface area contributed by atoms with E-state index in [0.29, 0.717) is 12.8 Å². The van der Waals surface area contributed by atoms with E-state index in [1.54, 1.807) is 0 Å². The topological polar surface area (TPSA) is 185 Å². The summed E-state index contributed by atoms with van der Waals surface area (Å²) in [7, 11) is 0. The van der Waals surface area contributed by atoms with Gasteiger partial charge in [-0.2, -0.15) is 25.3 Å². The highest BCUT2D eigenvalue weighted by atomic mass is 32.1. The monoisotopic (exact) mass is 449 g/mol. The molecule has 4 unspecified atom stereocenters. The van der Waals surface area contributed by atoms with Crippen molar-refractivity contribution in [2.24, 2.45) is 11.5 Å². The first kappa shape index (κ1) is 25.0. The minimum absolute atomic E-state index is 0.0410. The molecule has 0 aromatic rings. The molecule has 0 spiro atoms. The van der Waals surface area contributed by atoms with Crippen LogP contribution in [0.5, 0.6) is 0 Å². The Morgan fingerprint density at radius 2 is 1.69 bits per heavy atom. The Labute approximate surface area is 179 Å². The van der Waals surface area contributed by atoms with Gasteiger partial charge in [0, 0.05) is 24.5 Å². The van der Waals surface area contributed by atoms with E-state index in [9.17, 15) is 29.1 Å². The van der Waals surface area contributed by atoms with Crippen LogP contribution in [0.4, 0.5) is 0 Å². The van der Waals surface area contributed by atoms with Crippen LogP contribution in [0, 0.1) is 0 Å². The molecule has 1 aliphatic heterocycles. The zero-order chi connectivity index (χ0) is 22.1. The first-order chi connectivity index (χ1) is 13.6. The lowest BCUT2D eigenvalue weighted by Gasteiger charge is -2.28. The largest absolute Gasteiger partial charge is 0.480 e. The van der Waals surface area contributed by atoms with Gasteiger partial charge in [-0.1, -0.05) is 0 Å². The molecule has 1 heterocycles. The number of likely N-dealkylation sites (tertiary alicyclic amines) is 1. The fraction of sp³-hybridized carbons (Fsp3) is 0.688. The molecule has 0 aromatic carbocycles. The second-order valence-corrected chi connectivity index (χ2v) is 7.36. The van der Waals surface area contributed by atoms with Crippen molar-refractivity contribution in [1.82, 2.24) is 15.5 Å². The molecule has 4 amide bonds. The van der Waals surface area contributed by atoms with Crippen molar-refractivity contribution in [3.05, 3.63) is 0 Å². The van der Waals surface area contributed by atoms with Gasteiger partial charge in [0.05, 0.1) is 6.04 Å². The number of carboxylic acid groups (broad SMARTS) is 1. The average Bonchev–Trinajstić information content (AvgIpc) is 3.17. The highest BCUT2D eigenvalue weighted by Crippen LogP contribution is 2.19. The van der Waals surface area contributed by atoms with E-state index in [1.165, 1.54) is 4.90 Å². The summed E-state index contributed by atoms with van der Waals surface area (Å²) in [6, 6.07) is -4.19. The van der Waals surface area contributed by atoms with Crippen molar-refractivity contribution in [1.29, 1.82) is 0 Å². The fourth-order valence-electron chi connectivity index (χ4n) is 2.86. The Kier molecular flexibility index (Phi) is 10.3. The lowest BCUT2D eigenvalue weighted by atomic mass is 10.1. The average molecular weight is 450 g/mol. The molecule has 0 radical (unpaired) electrons. The van der Waals surface area contributed by atoms with Gasteiger partial charge in [0.1, 0.15) is 18.1 Å². The number of rotatable bonds is 11.